The van der Waals surface area contributed by atoms with Crippen molar-refractivity contribution < 1.29 is 37.5 Å². The molecule has 0 spiro atoms. The van der Waals surface area contributed by atoms with E-state index in [-0.39, 0.29) is 13.0 Å². The second-order valence-electron chi connectivity index (χ2n) is 7.49. The van der Waals surface area contributed by atoms with Crippen LogP contribution >= 0.6 is 7.82 Å². The van der Waals surface area contributed by atoms with Crippen molar-refractivity contribution in [2.24, 2.45) is 5.11 Å². The highest BCUT2D eigenvalue weighted by molar-refractivity contribution is 7.48. The van der Waals surface area contributed by atoms with Crippen LogP contribution < -0.4 is 11.2 Å². The smallest absolute Gasteiger partial charge is 0.387 e. The van der Waals surface area contributed by atoms with Crippen LogP contribution in [0.25, 0.3) is 10.4 Å². The van der Waals surface area contributed by atoms with E-state index in [1.807, 2.05) is 4.98 Å². The Morgan fingerprint density at radius 2 is 2.18 bits per heavy atom. The molecular weight excluding hydrogens is 480 g/mol. The molecule has 2 aliphatic heterocycles. The molecule has 2 aromatic rings. The molecule has 1 aromatic carbocycles. The molecule has 0 aliphatic carbocycles. The molecule has 2 unspecified atom stereocenters. The zero-order valence-corrected chi connectivity index (χ0v) is 18.2. The first-order valence-electron chi connectivity index (χ1n) is 9.91. The van der Waals surface area contributed by atoms with Gasteiger partial charge in [0, 0.05) is 23.6 Å². The number of phosphoric ester groups is 1. The fourth-order valence-corrected chi connectivity index (χ4v) is 5.02. The van der Waals surface area contributed by atoms with E-state index in [1.165, 1.54) is 18.2 Å². The molecule has 0 saturated carbocycles. The summed E-state index contributed by atoms with van der Waals surface area (Å²) in [6.45, 7) is -0.981. The summed E-state index contributed by atoms with van der Waals surface area (Å²) in [6.07, 6.45) is -4.93. The second kappa shape index (κ2) is 9.41. The summed E-state index contributed by atoms with van der Waals surface area (Å²) >= 11 is 0. The minimum Gasteiger partial charge on any atom is -0.387 e. The van der Waals surface area contributed by atoms with E-state index in [9.17, 15) is 28.8 Å². The lowest BCUT2D eigenvalue weighted by Crippen LogP contribution is -2.45. The van der Waals surface area contributed by atoms with E-state index in [1.54, 1.807) is 6.07 Å². The van der Waals surface area contributed by atoms with Gasteiger partial charge in [-0.05, 0) is 23.2 Å². The lowest BCUT2D eigenvalue weighted by molar-refractivity contribution is -0.127. The average molecular weight is 499 g/mol. The van der Waals surface area contributed by atoms with Crippen LogP contribution in [0.2, 0.25) is 0 Å². The van der Waals surface area contributed by atoms with Crippen LogP contribution in [0, 0.1) is 5.82 Å². The van der Waals surface area contributed by atoms with Gasteiger partial charge in [0.15, 0.2) is 6.23 Å². The van der Waals surface area contributed by atoms with Gasteiger partial charge < -0.3 is 14.9 Å². The fourth-order valence-electron chi connectivity index (χ4n) is 3.61. The topological polar surface area (TPSA) is 198 Å². The highest BCUT2D eigenvalue weighted by atomic mass is 31.2. The van der Waals surface area contributed by atoms with Crippen molar-refractivity contribution >= 4 is 7.82 Å². The number of benzene rings is 1. The molecule has 14 nitrogen and oxygen atoms in total. The lowest BCUT2D eigenvalue weighted by Gasteiger charge is -2.32. The van der Waals surface area contributed by atoms with Gasteiger partial charge >= 0.3 is 13.5 Å². The number of nitrogens with one attached hydrogen (secondary N) is 1. The van der Waals surface area contributed by atoms with Crippen LogP contribution in [-0.4, -0.2) is 50.9 Å². The number of aliphatic hydroxyl groups excluding tert-OH is 2. The maximum atomic E-state index is 13.6. The molecule has 6 atom stereocenters. The molecule has 2 aliphatic rings. The van der Waals surface area contributed by atoms with Crippen molar-refractivity contribution in [3.8, 4) is 0 Å². The number of aromatic amines is 1. The highest BCUT2D eigenvalue weighted by Crippen LogP contribution is 2.58. The monoisotopic (exact) mass is 499 g/mol. The molecule has 0 radical (unpaired) electrons. The van der Waals surface area contributed by atoms with E-state index in [0.717, 1.165) is 16.8 Å². The summed E-state index contributed by atoms with van der Waals surface area (Å²) in [5.74, 6) is -0.523. The zero-order chi connectivity index (χ0) is 24.5. The Balaban J connectivity index is 1.55. The van der Waals surface area contributed by atoms with Crippen LogP contribution in [0.15, 0.2) is 51.2 Å². The fraction of sp³-hybridized carbons (Fsp3) is 0.444. The summed E-state index contributed by atoms with van der Waals surface area (Å²) in [5.41, 5.74) is 5.38. The third-order valence-electron chi connectivity index (χ3n) is 5.28. The van der Waals surface area contributed by atoms with E-state index in [0.29, 0.717) is 5.56 Å². The molecule has 34 heavy (non-hydrogen) atoms. The number of ether oxygens (including phenoxy) is 1. The van der Waals surface area contributed by atoms with E-state index in [2.05, 4.69) is 10.0 Å². The number of rotatable bonds is 6. The molecule has 3 N–H and O–H groups in total. The third kappa shape index (κ3) is 4.69. The van der Waals surface area contributed by atoms with E-state index >= 15 is 0 Å². The molecule has 4 rings (SSSR count). The molecule has 0 bridgehead atoms. The zero-order valence-electron chi connectivity index (χ0n) is 17.3. The third-order valence-corrected chi connectivity index (χ3v) is 6.73. The van der Waals surface area contributed by atoms with Crippen LogP contribution in [0.5, 0.6) is 0 Å². The first kappa shape index (κ1) is 24.3. The van der Waals surface area contributed by atoms with Gasteiger partial charge in [-0.15, -0.1) is 0 Å². The highest BCUT2D eigenvalue weighted by Gasteiger charge is 2.56. The number of aromatic nitrogens is 2. The largest absolute Gasteiger partial charge is 0.475 e. The van der Waals surface area contributed by atoms with Gasteiger partial charge in [-0.2, -0.15) is 0 Å². The normalized spacial score (nSPS) is 33.4. The molecule has 1 aromatic heterocycles. The predicted octanol–water partition coefficient (Wildman–Crippen LogP) is 1.24. The first-order valence-corrected chi connectivity index (χ1v) is 11.4. The van der Waals surface area contributed by atoms with Crippen molar-refractivity contribution in [2.45, 2.75) is 36.7 Å². The molecular formula is C18H19FN5O9P. The van der Waals surface area contributed by atoms with E-state index < -0.39 is 61.8 Å². The number of aliphatic hydroxyl groups is 2. The van der Waals surface area contributed by atoms with Crippen LogP contribution in [-0.2, 0) is 22.9 Å². The number of nitrogens with zero attached hydrogens (tertiary/aromatic N) is 4. The number of hydrogen-bond acceptors (Lipinski definition) is 10. The molecule has 2 fully saturated rings. The minimum atomic E-state index is -4.32. The minimum absolute atomic E-state index is 0.0750. The summed E-state index contributed by atoms with van der Waals surface area (Å²) in [5, 5.41) is 24.4. The first-order chi connectivity index (χ1) is 16.2. The van der Waals surface area contributed by atoms with Gasteiger partial charge in [0.1, 0.15) is 18.0 Å². The van der Waals surface area contributed by atoms with Gasteiger partial charge in [0.25, 0.3) is 5.56 Å². The van der Waals surface area contributed by atoms with Crippen molar-refractivity contribution in [1.29, 1.82) is 0 Å². The number of azide groups is 1. The standard InChI is InChI=1S/C18H19FN5O9P/c19-11-3-1-2-10(8-11)12-5-7-30-34(29,33-12)31-9-18(22-23-20)15(27)14(26)16(32-18)24-6-4-13(25)21-17(24)28/h1-4,6,8,12,14-16,26-27H,5,7,9H2,(H,21,25,28)/t12?,14-,15+,16-,18-,34?/m1/s1. The Morgan fingerprint density at radius 3 is 2.88 bits per heavy atom. The Bertz CT molecular complexity index is 1280. The van der Waals surface area contributed by atoms with Crippen molar-refractivity contribution in [3.05, 3.63) is 79.2 Å². The van der Waals surface area contributed by atoms with Crippen LogP contribution in [0.4, 0.5) is 4.39 Å². The Morgan fingerprint density at radius 1 is 1.38 bits per heavy atom. The van der Waals surface area contributed by atoms with Crippen LogP contribution in [0.1, 0.15) is 24.3 Å². The average Bonchev–Trinajstić information content (AvgIpc) is 3.04. The van der Waals surface area contributed by atoms with Crippen molar-refractivity contribution in [1.82, 2.24) is 9.55 Å². The molecule has 16 heteroatoms. The molecule has 2 saturated heterocycles. The number of phosphoric acid groups is 1. The van der Waals surface area contributed by atoms with Crippen molar-refractivity contribution in [3.63, 3.8) is 0 Å². The summed E-state index contributed by atoms with van der Waals surface area (Å²) < 4.78 is 48.7. The maximum Gasteiger partial charge on any atom is 0.475 e. The number of halogens is 1. The molecule has 182 valence electrons. The number of H-pyrrole nitrogens is 1. The Hall–Kier alpha value is -2.87. The summed E-state index contributed by atoms with van der Waals surface area (Å²) in [7, 11) is -4.32. The number of hydrogen-bond donors (Lipinski definition) is 3. The summed E-state index contributed by atoms with van der Waals surface area (Å²) in [6, 6.07) is 6.43. The predicted molar refractivity (Wildman–Crippen MR) is 110 cm³/mol. The lowest BCUT2D eigenvalue weighted by atomic mass is 10.1. The van der Waals surface area contributed by atoms with Gasteiger partial charge in [0.2, 0.25) is 5.72 Å². The van der Waals surface area contributed by atoms with Gasteiger partial charge in [-0.1, -0.05) is 17.2 Å². The second-order valence-corrected chi connectivity index (χ2v) is 9.11. The van der Waals surface area contributed by atoms with Gasteiger partial charge in [-0.3, -0.25) is 27.9 Å². The Labute approximate surface area is 189 Å². The van der Waals surface area contributed by atoms with Gasteiger partial charge in [-0.25, -0.2) is 13.8 Å². The van der Waals surface area contributed by atoms with Crippen molar-refractivity contribution in [2.75, 3.05) is 13.2 Å². The quantitative estimate of drug-likeness (QED) is 0.226. The van der Waals surface area contributed by atoms with Gasteiger partial charge in [0.05, 0.1) is 19.3 Å². The maximum absolute atomic E-state index is 13.6. The molecule has 3 heterocycles. The molecule has 0 amide bonds. The Kier molecular flexibility index (Phi) is 6.71. The summed E-state index contributed by atoms with van der Waals surface area (Å²) in [4.78, 5) is 27.9. The van der Waals surface area contributed by atoms with E-state index in [4.69, 9.17) is 23.8 Å². The SMILES string of the molecule is [N-]=[N+]=N[C@]1(COP2(=O)OCCC(c3cccc(F)c3)O2)O[C@@H](n2ccc(=O)[nH]c2=O)[C@H](O)[C@@H]1O. The van der Waals surface area contributed by atoms with Crippen LogP contribution in [0.3, 0.4) is 0 Å².